The van der Waals surface area contributed by atoms with Gasteiger partial charge < -0.3 is 5.73 Å². The third kappa shape index (κ3) is 3.50. The molecule has 3 heteroatoms. The van der Waals surface area contributed by atoms with Crippen LogP contribution in [0.3, 0.4) is 0 Å². The van der Waals surface area contributed by atoms with Gasteiger partial charge in [-0.2, -0.15) is 0 Å². The molecule has 0 saturated heterocycles. The molecule has 0 aliphatic carbocycles. The number of halogens is 1. The molecule has 0 fully saturated rings. The summed E-state index contributed by atoms with van der Waals surface area (Å²) in [6, 6.07) is 4.99. The number of hydrogen-bond acceptors (Lipinski definition) is 2. The van der Waals surface area contributed by atoms with Gasteiger partial charge in [0.1, 0.15) is 5.82 Å². The van der Waals surface area contributed by atoms with Crippen LogP contribution in [0.2, 0.25) is 0 Å². The lowest BCUT2D eigenvalue weighted by atomic mass is 10.1. The van der Waals surface area contributed by atoms with Crippen LogP contribution in [0, 0.1) is 11.7 Å². The fourth-order valence-electron chi connectivity index (χ4n) is 1.29. The molecule has 0 radical (unpaired) electrons. The summed E-state index contributed by atoms with van der Waals surface area (Å²) in [6.07, 6.45) is 0. The maximum atomic E-state index is 13.6. The van der Waals surface area contributed by atoms with Gasteiger partial charge in [-0.3, -0.25) is 0 Å². The monoisotopic (exact) mass is 227 g/mol. The Labute approximate surface area is 95.2 Å². The van der Waals surface area contributed by atoms with Gasteiger partial charge in [0, 0.05) is 16.7 Å². The van der Waals surface area contributed by atoms with Crippen LogP contribution < -0.4 is 5.73 Å². The lowest BCUT2D eigenvalue weighted by Crippen LogP contribution is -2.08. The lowest BCUT2D eigenvalue weighted by molar-refractivity contribution is 0.591. The number of nitrogens with two attached hydrogens (primary N) is 1. The average Bonchev–Trinajstić information content (AvgIpc) is 2.15. The molecule has 1 aromatic rings. The molecule has 1 rings (SSSR count). The van der Waals surface area contributed by atoms with E-state index in [9.17, 15) is 4.39 Å². The number of rotatable bonds is 4. The summed E-state index contributed by atoms with van der Waals surface area (Å²) in [4.78, 5) is 0.709. The molecule has 0 aliphatic rings. The van der Waals surface area contributed by atoms with E-state index >= 15 is 0 Å². The molecule has 0 bridgehead atoms. The summed E-state index contributed by atoms with van der Waals surface area (Å²) >= 11 is 1.56. The van der Waals surface area contributed by atoms with Gasteiger partial charge >= 0.3 is 0 Å². The first kappa shape index (κ1) is 12.5. The fraction of sp³-hybridized carbons (Fsp3) is 0.500. The Morgan fingerprint density at radius 3 is 2.53 bits per heavy atom. The zero-order valence-electron chi connectivity index (χ0n) is 9.46. The van der Waals surface area contributed by atoms with Crippen molar-refractivity contribution >= 4 is 11.8 Å². The third-order valence-electron chi connectivity index (χ3n) is 2.05. The van der Waals surface area contributed by atoms with Gasteiger partial charge in [-0.25, -0.2) is 4.39 Å². The first-order valence-corrected chi connectivity index (χ1v) is 6.17. The second-order valence-electron chi connectivity index (χ2n) is 4.15. The van der Waals surface area contributed by atoms with E-state index < -0.39 is 0 Å². The maximum absolute atomic E-state index is 13.6. The average molecular weight is 227 g/mol. The Balaban J connectivity index is 2.92. The van der Waals surface area contributed by atoms with E-state index in [0.717, 1.165) is 11.3 Å². The Bertz CT molecular complexity index is 323. The van der Waals surface area contributed by atoms with E-state index in [-0.39, 0.29) is 11.9 Å². The minimum absolute atomic E-state index is 0.115. The van der Waals surface area contributed by atoms with E-state index in [1.165, 1.54) is 6.07 Å². The molecule has 0 spiro atoms. The minimum Gasteiger partial charge on any atom is -0.324 e. The van der Waals surface area contributed by atoms with Crippen LogP contribution in [0.4, 0.5) is 4.39 Å². The predicted molar refractivity (Wildman–Crippen MR) is 64.6 cm³/mol. The predicted octanol–water partition coefficient (Wildman–Crippen LogP) is 3.59. The summed E-state index contributed by atoms with van der Waals surface area (Å²) in [5, 5.41) is 0. The molecule has 0 aromatic heterocycles. The van der Waals surface area contributed by atoms with Crippen LogP contribution in [-0.4, -0.2) is 5.75 Å². The highest BCUT2D eigenvalue weighted by Crippen LogP contribution is 2.30. The highest BCUT2D eigenvalue weighted by molar-refractivity contribution is 7.99. The quantitative estimate of drug-likeness (QED) is 0.795. The Morgan fingerprint density at radius 1 is 1.33 bits per heavy atom. The molecule has 1 nitrogen and oxygen atoms in total. The zero-order valence-corrected chi connectivity index (χ0v) is 10.3. The Hall–Kier alpha value is -0.540. The summed E-state index contributed by atoms with van der Waals surface area (Å²) < 4.78 is 13.6. The van der Waals surface area contributed by atoms with Gasteiger partial charge in [0.15, 0.2) is 0 Å². The maximum Gasteiger partial charge on any atom is 0.137 e. The molecule has 0 heterocycles. The molecule has 1 atom stereocenters. The van der Waals surface area contributed by atoms with E-state index in [1.54, 1.807) is 17.8 Å². The SMILES string of the molecule is CC(C)CSc1c(F)cccc1C(C)N. The highest BCUT2D eigenvalue weighted by Gasteiger charge is 2.12. The van der Waals surface area contributed by atoms with E-state index in [1.807, 2.05) is 13.0 Å². The molecule has 1 aromatic carbocycles. The lowest BCUT2D eigenvalue weighted by Gasteiger charge is -2.13. The van der Waals surface area contributed by atoms with Crippen molar-refractivity contribution in [2.45, 2.75) is 31.7 Å². The van der Waals surface area contributed by atoms with Crippen LogP contribution in [-0.2, 0) is 0 Å². The molecular formula is C12H18FNS. The second-order valence-corrected chi connectivity index (χ2v) is 5.18. The van der Waals surface area contributed by atoms with Crippen molar-refractivity contribution in [3.05, 3.63) is 29.6 Å². The van der Waals surface area contributed by atoms with Crippen molar-refractivity contribution < 1.29 is 4.39 Å². The van der Waals surface area contributed by atoms with Gasteiger partial charge in [-0.15, -0.1) is 11.8 Å². The Kier molecular flexibility index (Phi) is 4.61. The number of hydrogen-bond donors (Lipinski definition) is 1. The summed E-state index contributed by atoms with van der Waals surface area (Å²) in [7, 11) is 0. The van der Waals surface area contributed by atoms with Gasteiger partial charge in [0.25, 0.3) is 0 Å². The van der Waals surface area contributed by atoms with Gasteiger partial charge in [-0.05, 0) is 24.5 Å². The molecule has 2 N–H and O–H groups in total. The third-order valence-corrected chi connectivity index (χ3v) is 3.60. The second kappa shape index (κ2) is 5.52. The summed E-state index contributed by atoms with van der Waals surface area (Å²) in [6.45, 7) is 6.13. The standard InChI is InChI=1S/C12H18FNS/c1-8(2)7-15-12-10(9(3)14)5-4-6-11(12)13/h4-6,8-9H,7,14H2,1-3H3. The zero-order chi connectivity index (χ0) is 11.4. The molecule has 84 valence electrons. The topological polar surface area (TPSA) is 26.0 Å². The number of benzene rings is 1. The van der Waals surface area contributed by atoms with E-state index in [0.29, 0.717) is 10.8 Å². The summed E-state index contributed by atoms with van der Waals surface area (Å²) in [5.74, 6) is 1.31. The highest BCUT2D eigenvalue weighted by atomic mass is 32.2. The van der Waals surface area contributed by atoms with Crippen molar-refractivity contribution in [1.29, 1.82) is 0 Å². The van der Waals surface area contributed by atoms with Crippen molar-refractivity contribution in [3.63, 3.8) is 0 Å². The minimum atomic E-state index is -0.157. The van der Waals surface area contributed by atoms with Gasteiger partial charge in [-0.1, -0.05) is 26.0 Å². The molecule has 0 amide bonds. The Morgan fingerprint density at radius 2 is 2.00 bits per heavy atom. The van der Waals surface area contributed by atoms with Crippen molar-refractivity contribution in [2.24, 2.45) is 11.7 Å². The van der Waals surface area contributed by atoms with Crippen molar-refractivity contribution in [3.8, 4) is 0 Å². The first-order chi connectivity index (χ1) is 7.02. The molecule has 0 saturated carbocycles. The number of thioether (sulfide) groups is 1. The smallest absolute Gasteiger partial charge is 0.137 e. The van der Waals surface area contributed by atoms with Crippen LogP contribution in [0.15, 0.2) is 23.1 Å². The van der Waals surface area contributed by atoms with Crippen LogP contribution >= 0.6 is 11.8 Å². The van der Waals surface area contributed by atoms with Crippen molar-refractivity contribution in [2.75, 3.05) is 5.75 Å². The van der Waals surface area contributed by atoms with E-state index in [2.05, 4.69) is 13.8 Å². The van der Waals surface area contributed by atoms with Crippen LogP contribution in [0.5, 0.6) is 0 Å². The van der Waals surface area contributed by atoms with E-state index in [4.69, 9.17) is 5.73 Å². The molecule has 0 aliphatic heterocycles. The molecular weight excluding hydrogens is 209 g/mol. The van der Waals surface area contributed by atoms with Crippen molar-refractivity contribution in [1.82, 2.24) is 0 Å². The van der Waals surface area contributed by atoms with Crippen LogP contribution in [0.25, 0.3) is 0 Å². The molecule has 15 heavy (non-hydrogen) atoms. The normalized spacial score (nSPS) is 13.2. The molecule has 1 unspecified atom stereocenters. The fourth-order valence-corrected chi connectivity index (χ4v) is 2.41. The summed E-state index contributed by atoms with van der Waals surface area (Å²) in [5.41, 5.74) is 6.71. The first-order valence-electron chi connectivity index (χ1n) is 5.19. The van der Waals surface area contributed by atoms with Gasteiger partial charge in [0.05, 0.1) is 0 Å². The largest absolute Gasteiger partial charge is 0.324 e. The van der Waals surface area contributed by atoms with Gasteiger partial charge in [0.2, 0.25) is 0 Å². The van der Waals surface area contributed by atoms with Crippen LogP contribution in [0.1, 0.15) is 32.4 Å².